The fourth-order valence-electron chi connectivity index (χ4n) is 7.69. The molecule has 154 valence electrons. The van der Waals surface area contributed by atoms with Crippen LogP contribution in [0.3, 0.4) is 0 Å². The average molecular weight is 386 g/mol. The van der Waals surface area contributed by atoms with Crippen molar-refractivity contribution in [1.29, 1.82) is 0 Å². The van der Waals surface area contributed by atoms with Crippen LogP contribution in [0, 0.1) is 34.5 Å². The molecule has 4 nitrogen and oxygen atoms in total. The van der Waals surface area contributed by atoms with Gasteiger partial charge in [0.1, 0.15) is 0 Å². The normalized spacial score (nSPS) is 47.4. The summed E-state index contributed by atoms with van der Waals surface area (Å²) in [7, 11) is 3.50. The predicted molar refractivity (Wildman–Crippen MR) is 110 cm³/mol. The van der Waals surface area contributed by atoms with E-state index in [1.165, 1.54) is 44.2 Å². The molecule has 0 aromatic heterocycles. The van der Waals surface area contributed by atoms with Crippen molar-refractivity contribution < 1.29 is 14.2 Å². The summed E-state index contributed by atoms with van der Waals surface area (Å²) < 4.78 is 16.6. The van der Waals surface area contributed by atoms with Gasteiger partial charge in [-0.15, -0.1) is 0 Å². The molecule has 28 heavy (non-hydrogen) atoms. The number of fused-ring (bicyclic) bond motifs is 5. The number of aliphatic imine (C=N–C) groups is 1. The summed E-state index contributed by atoms with van der Waals surface area (Å²) in [4.78, 5) is 4.76. The van der Waals surface area contributed by atoms with Crippen LogP contribution in [0.25, 0.3) is 0 Å². The summed E-state index contributed by atoms with van der Waals surface area (Å²) >= 11 is 0. The van der Waals surface area contributed by atoms with Crippen LogP contribution in [0.1, 0.15) is 58.8 Å². The van der Waals surface area contributed by atoms with Gasteiger partial charge in [0, 0.05) is 25.2 Å². The van der Waals surface area contributed by atoms with Crippen LogP contribution >= 0.6 is 0 Å². The van der Waals surface area contributed by atoms with Crippen molar-refractivity contribution in [1.82, 2.24) is 0 Å². The Labute approximate surface area is 169 Å². The number of methoxy groups -OCH3 is 2. The van der Waals surface area contributed by atoms with Gasteiger partial charge in [0.25, 0.3) is 6.41 Å². The molecular weight excluding hydrogens is 350 g/mol. The minimum Gasteiger partial charge on any atom is -0.501 e. The standard InChI is InChI=1S/C24H35NO3/c1-23-11-9-16(26-3)13-15(23)5-6-17-18-7-8-20(21-14-28-22(25-21)27-4)24(18,2)12-10-19(17)23/h5,13,17-20,22H,6-12,14H2,1-4H3/t17-,18-,19-,20+,22?,23-,24-/m0/s1. The molecule has 1 heterocycles. The van der Waals surface area contributed by atoms with Gasteiger partial charge in [-0.2, -0.15) is 0 Å². The Morgan fingerprint density at radius 1 is 1.11 bits per heavy atom. The van der Waals surface area contributed by atoms with Crippen molar-refractivity contribution in [3.05, 3.63) is 23.5 Å². The maximum Gasteiger partial charge on any atom is 0.258 e. The molecule has 0 aromatic rings. The molecule has 4 aliphatic carbocycles. The Balaban J connectivity index is 1.43. The zero-order chi connectivity index (χ0) is 19.5. The van der Waals surface area contributed by atoms with E-state index in [0.717, 1.165) is 29.9 Å². The smallest absolute Gasteiger partial charge is 0.258 e. The van der Waals surface area contributed by atoms with E-state index in [0.29, 0.717) is 23.4 Å². The van der Waals surface area contributed by atoms with Gasteiger partial charge < -0.3 is 14.2 Å². The fraction of sp³-hybridized carbons (Fsp3) is 0.792. The van der Waals surface area contributed by atoms with E-state index in [1.54, 1.807) is 12.7 Å². The van der Waals surface area contributed by atoms with Gasteiger partial charge in [0.15, 0.2) is 0 Å². The van der Waals surface area contributed by atoms with Crippen molar-refractivity contribution in [3.63, 3.8) is 0 Å². The number of rotatable bonds is 3. The van der Waals surface area contributed by atoms with Crippen molar-refractivity contribution in [2.75, 3.05) is 20.8 Å². The van der Waals surface area contributed by atoms with E-state index in [4.69, 9.17) is 19.2 Å². The first-order valence-electron chi connectivity index (χ1n) is 11.2. The first-order chi connectivity index (χ1) is 13.5. The summed E-state index contributed by atoms with van der Waals surface area (Å²) in [6.07, 6.45) is 13.4. The highest BCUT2D eigenvalue weighted by molar-refractivity contribution is 5.90. The van der Waals surface area contributed by atoms with Crippen molar-refractivity contribution >= 4 is 5.71 Å². The van der Waals surface area contributed by atoms with Gasteiger partial charge in [-0.3, -0.25) is 0 Å². The molecule has 1 unspecified atom stereocenters. The highest BCUT2D eigenvalue weighted by atomic mass is 16.7. The molecule has 0 aromatic carbocycles. The third-order valence-electron chi connectivity index (χ3n) is 9.24. The van der Waals surface area contributed by atoms with Crippen molar-refractivity contribution in [2.24, 2.45) is 39.5 Å². The van der Waals surface area contributed by atoms with E-state index in [9.17, 15) is 0 Å². The fourth-order valence-corrected chi connectivity index (χ4v) is 7.69. The molecule has 7 atom stereocenters. The zero-order valence-corrected chi connectivity index (χ0v) is 17.9. The highest BCUT2D eigenvalue weighted by Gasteiger charge is 2.59. The first-order valence-corrected chi connectivity index (χ1v) is 11.2. The number of nitrogens with zero attached hydrogens (tertiary/aromatic N) is 1. The lowest BCUT2D eigenvalue weighted by Gasteiger charge is -2.57. The summed E-state index contributed by atoms with van der Waals surface area (Å²) in [6, 6.07) is 0. The Kier molecular flexibility index (Phi) is 4.52. The van der Waals surface area contributed by atoms with Crippen LogP contribution in [0.4, 0.5) is 0 Å². The van der Waals surface area contributed by atoms with E-state index in [2.05, 4.69) is 26.0 Å². The second kappa shape index (κ2) is 6.70. The molecule has 0 spiro atoms. The molecule has 0 radical (unpaired) electrons. The minimum absolute atomic E-state index is 0.333. The number of hydrogen-bond acceptors (Lipinski definition) is 4. The molecule has 2 saturated carbocycles. The molecular formula is C24H35NO3. The van der Waals surface area contributed by atoms with E-state index >= 15 is 0 Å². The van der Waals surface area contributed by atoms with Gasteiger partial charge in [0.05, 0.1) is 19.5 Å². The van der Waals surface area contributed by atoms with Crippen LogP contribution in [0.5, 0.6) is 0 Å². The second-order valence-corrected chi connectivity index (χ2v) is 10.2. The largest absolute Gasteiger partial charge is 0.501 e. The Morgan fingerprint density at radius 3 is 2.71 bits per heavy atom. The van der Waals surface area contributed by atoms with Gasteiger partial charge in [0.2, 0.25) is 0 Å². The van der Waals surface area contributed by atoms with E-state index in [1.807, 2.05) is 7.11 Å². The Bertz CT molecular complexity index is 740. The van der Waals surface area contributed by atoms with E-state index < -0.39 is 0 Å². The van der Waals surface area contributed by atoms with Gasteiger partial charge in [-0.05, 0) is 78.8 Å². The molecule has 1 aliphatic heterocycles. The Morgan fingerprint density at radius 2 is 1.96 bits per heavy atom. The summed E-state index contributed by atoms with van der Waals surface area (Å²) in [5.41, 5.74) is 3.51. The van der Waals surface area contributed by atoms with Crippen molar-refractivity contribution in [3.8, 4) is 0 Å². The third-order valence-corrected chi connectivity index (χ3v) is 9.24. The summed E-state index contributed by atoms with van der Waals surface area (Å²) in [6.45, 7) is 5.75. The average Bonchev–Trinajstić information content (AvgIpc) is 3.30. The van der Waals surface area contributed by atoms with Crippen LogP contribution < -0.4 is 0 Å². The molecule has 2 fully saturated rings. The van der Waals surface area contributed by atoms with Crippen LogP contribution in [0.15, 0.2) is 28.5 Å². The van der Waals surface area contributed by atoms with Crippen LogP contribution in [-0.2, 0) is 14.2 Å². The molecule has 0 saturated heterocycles. The SMILES string of the molecule is COC1=CC2=CC[C@H]3[C@@H]4CC[C@H](C5=NC(OC)OC5)[C@@]4(C)CC[C@@H]3[C@@]2(C)CC1. The zero-order valence-electron chi connectivity index (χ0n) is 17.9. The predicted octanol–water partition coefficient (Wildman–Crippen LogP) is 5.11. The lowest BCUT2D eigenvalue weighted by atomic mass is 9.48. The third kappa shape index (κ3) is 2.60. The Hall–Kier alpha value is -1.13. The maximum atomic E-state index is 5.71. The molecule has 0 N–H and O–H groups in total. The lowest BCUT2D eigenvalue weighted by molar-refractivity contribution is -0.0917. The second-order valence-electron chi connectivity index (χ2n) is 10.2. The van der Waals surface area contributed by atoms with Crippen LogP contribution in [-0.4, -0.2) is 33.0 Å². The van der Waals surface area contributed by atoms with Crippen LogP contribution in [0.2, 0.25) is 0 Å². The molecule has 4 heteroatoms. The molecule has 5 rings (SSSR count). The topological polar surface area (TPSA) is 40.0 Å². The number of allylic oxidation sites excluding steroid dienone is 4. The first kappa shape index (κ1) is 18.9. The minimum atomic E-state index is -0.378. The molecule has 5 aliphatic rings. The van der Waals surface area contributed by atoms with Crippen molar-refractivity contribution in [2.45, 2.75) is 65.2 Å². The lowest BCUT2D eigenvalue weighted by Crippen LogP contribution is -2.50. The highest BCUT2D eigenvalue weighted by Crippen LogP contribution is 2.66. The van der Waals surface area contributed by atoms with Gasteiger partial charge >= 0.3 is 0 Å². The van der Waals surface area contributed by atoms with Gasteiger partial charge in [-0.25, -0.2) is 4.99 Å². The quantitative estimate of drug-likeness (QED) is 0.678. The molecule has 0 bridgehead atoms. The van der Waals surface area contributed by atoms with Gasteiger partial charge in [-0.1, -0.05) is 19.9 Å². The maximum absolute atomic E-state index is 5.71. The number of ether oxygens (including phenoxy) is 3. The monoisotopic (exact) mass is 385 g/mol. The molecule has 0 amide bonds. The summed E-state index contributed by atoms with van der Waals surface area (Å²) in [5, 5.41) is 0. The summed E-state index contributed by atoms with van der Waals surface area (Å²) in [5.74, 6) is 4.17. The number of hydrogen-bond donors (Lipinski definition) is 0. The van der Waals surface area contributed by atoms with E-state index in [-0.39, 0.29) is 6.41 Å².